The summed E-state index contributed by atoms with van der Waals surface area (Å²) < 4.78 is 0. The third-order valence-corrected chi connectivity index (χ3v) is 4.47. The highest BCUT2D eigenvalue weighted by atomic mass is 35.5. The SMILES string of the molecule is CC(C)(CO)C(CNC(=O)c1ccc(CN)cc1)c1ccccc1.Cl. The summed E-state index contributed by atoms with van der Waals surface area (Å²) >= 11 is 0. The standard InChI is InChI=1S/C20H26N2O2.ClH/c1-20(2,14-23)18(16-6-4-3-5-7-16)13-22-19(24)17-10-8-15(12-21)9-11-17;/h3-11,18,23H,12-14,21H2,1-2H3,(H,22,24);1H. The molecular weight excluding hydrogens is 336 g/mol. The number of aliphatic hydroxyl groups excluding tert-OH is 1. The van der Waals surface area contributed by atoms with Crippen molar-refractivity contribution in [2.75, 3.05) is 13.2 Å². The van der Waals surface area contributed by atoms with Crippen LogP contribution in [0.4, 0.5) is 0 Å². The van der Waals surface area contributed by atoms with E-state index in [-0.39, 0.29) is 36.3 Å². The van der Waals surface area contributed by atoms with Crippen molar-refractivity contribution >= 4 is 18.3 Å². The number of carbonyl (C=O) groups is 1. The molecular formula is C20H27ClN2O2. The van der Waals surface area contributed by atoms with Crippen LogP contribution in [-0.4, -0.2) is 24.2 Å². The van der Waals surface area contributed by atoms with Gasteiger partial charge in [0.15, 0.2) is 0 Å². The Balaban J connectivity index is 0.00000312. The van der Waals surface area contributed by atoms with Crippen LogP contribution in [-0.2, 0) is 6.54 Å². The van der Waals surface area contributed by atoms with Crippen molar-refractivity contribution in [3.05, 3.63) is 71.3 Å². The molecule has 1 atom stereocenters. The van der Waals surface area contributed by atoms with Gasteiger partial charge in [-0.3, -0.25) is 4.79 Å². The summed E-state index contributed by atoms with van der Waals surface area (Å²) in [5, 5.41) is 12.7. The molecule has 0 bridgehead atoms. The van der Waals surface area contributed by atoms with Gasteiger partial charge in [-0.15, -0.1) is 12.4 Å². The number of rotatable bonds is 7. The van der Waals surface area contributed by atoms with E-state index in [1.165, 1.54) is 0 Å². The van der Waals surface area contributed by atoms with Crippen LogP contribution in [0, 0.1) is 5.41 Å². The minimum Gasteiger partial charge on any atom is -0.396 e. The lowest BCUT2D eigenvalue weighted by Gasteiger charge is -2.33. The molecule has 0 saturated heterocycles. The highest BCUT2D eigenvalue weighted by molar-refractivity contribution is 5.94. The van der Waals surface area contributed by atoms with E-state index in [0.717, 1.165) is 11.1 Å². The molecule has 0 aromatic heterocycles. The van der Waals surface area contributed by atoms with E-state index < -0.39 is 0 Å². The lowest BCUT2D eigenvalue weighted by Crippen LogP contribution is -2.36. The van der Waals surface area contributed by atoms with Crippen LogP contribution in [0.15, 0.2) is 54.6 Å². The fourth-order valence-electron chi connectivity index (χ4n) is 2.73. The third-order valence-electron chi connectivity index (χ3n) is 4.47. The Kier molecular flexibility index (Phi) is 8.10. The molecule has 2 rings (SSSR count). The van der Waals surface area contributed by atoms with Crippen LogP contribution in [0.1, 0.15) is 41.3 Å². The number of hydrogen-bond acceptors (Lipinski definition) is 3. The van der Waals surface area contributed by atoms with E-state index in [2.05, 4.69) is 5.32 Å². The molecule has 0 fully saturated rings. The van der Waals surface area contributed by atoms with Crippen LogP contribution in [0.2, 0.25) is 0 Å². The smallest absolute Gasteiger partial charge is 0.251 e. The van der Waals surface area contributed by atoms with Crippen molar-refractivity contribution in [1.82, 2.24) is 5.32 Å². The summed E-state index contributed by atoms with van der Waals surface area (Å²) in [5.41, 5.74) is 7.96. The molecule has 5 heteroatoms. The van der Waals surface area contributed by atoms with E-state index in [9.17, 15) is 9.90 Å². The van der Waals surface area contributed by atoms with Gasteiger partial charge in [0.1, 0.15) is 0 Å². The molecule has 0 saturated carbocycles. The number of carbonyl (C=O) groups excluding carboxylic acids is 1. The number of amides is 1. The zero-order valence-electron chi connectivity index (χ0n) is 14.7. The molecule has 2 aromatic carbocycles. The Hall–Kier alpha value is -1.88. The highest BCUT2D eigenvalue weighted by Gasteiger charge is 2.30. The fraction of sp³-hybridized carbons (Fsp3) is 0.350. The highest BCUT2D eigenvalue weighted by Crippen LogP contribution is 2.34. The molecule has 0 heterocycles. The fourth-order valence-corrected chi connectivity index (χ4v) is 2.73. The van der Waals surface area contributed by atoms with Crippen molar-refractivity contribution < 1.29 is 9.90 Å². The van der Waals surface area contributed by atoms with E-state index in [0.29, 0.717) is 18.7 Å². The topological polar surface area (TPSA) is 75.3 Å². The maximum Gasteiger partial charge on any atom is 0.251 e. The lowest BCUT2D eigenvalue weighted by molar-refractivity contribution is 0.0920. The summed E-state index contributed by atoms with van der Waals surface area (Å²) in [6.45, 7) is 4.99. The molecule has 4 nitrogen and oxygen atoms in total. The van der Waals surface area contributed by atoms with Crippen molar-refractivity contribution in [3.63, 3.8) is 0 Å². The number of benzene rings is 2. The Morgan fingerprint density at radius 1 is 1.12 bits per heavy atom. The largest absolute Gasteiger partial charge is 0.396 e. The molecule has 136 valence electrons. The Labute approximate surface area is 155 Å². The average Bonchev–Trinajstić information content (AvgIpc) is 2.62. The van der Waals surface area contributed by atoms with E-state index in [1.54, 1.807) is 12.1 Å². The first-order valence-electron chi connectivity index (χ1n) is 8.21. The van der Waals surface area contributed by atoms with Gasteiger partial charge < -0.3 is 16.2 Å². The summed E-state index contributed by atoms with van der Waals surface area (Å²) in [6, 6.07) is 17.3. The van der Waals surface area contributed by atoms with Gasteiger partial charge >= 0.3 is 0 Å². The molecule has 4 N–H and O–H groups in total. The first kappa shape index (κ1) is 21.2. The van der Waals surface area contributed by atoms with Gasteiger partial charge in [-0.1, -0.05) is 56.3 Å². The van der Waals surface area contributed by atoms with Gasteiger partial charge in [0.25, 0.3) is 5.91 Å². The summed E-state index contributed by atoms with van der Waals surface area (Å²) in [7, 11) is 0. The normalized spacial score (nSPS) is 12.2. The maximum atomic E-state index is 12.4. The zero-order chi connectivity index (χ0) is 17.6. The van der Waals surface area contributed by atoms with Crippen molar-refractivity contribution in [2.24, 2.45) is 11.1 Å². The van der Waals surface area contributed by atoms with Crippen LogP contribution < -0.4 is 11.1 Å². The van der Waals surface area contributed by atoms with Gasteiger partial charge in [0.05, 0.1) is 0 Å². The molecule has 1 unspecified atom stereocenters. The van der Waals surface area contributed by atoms with E-state index in [1.807, 2.05) is 56.3 Å². The van der Waals surface area contributed by atoms with Gasteiger partial charge in [-0.25, -0.2) is 0 Å². The molecule has 0 aliphatic heterocycles. The number of aliphatic hydroxyl groups is 1. The van der Waals surface area contributed by atoms with Gasteiger partial charge in [-0.2, -0.15) is 0 Å². The van der Waals surface area contributed by atoms with Gasteiger partial charge in [-0.05, 0) is 28.7 Å². The van der Waals surface area contributed by atoms with Crippen LogP contribution >= 0.6 is 12.4 Å². The molecule has 1 amide bonds. The third kappa shape index (κ3) is 5.56. The number of halogens is 1. The second-order valence-corrected chi connectivity index (χ2v) is 6.72. The molecule has 0 spiro atoms. The predicted molar refractivity (Wildman–Crippen MR) is 104 cm³/mol. The quantitative estimate of drug-likeness (QED) is 0.708. The first-order chi connectivity index (χ1) is 11.5. The first-order valence-corrected chi connectivity index (χ1v) is 8.21. The lowest BCUT2D eigenvalue weighted by atomic mass is 9.75. The minimum absolute atomic E-state index is 0. The van der Waals surface area contributed by atoms with Crippen LogP contribution in [0.5, 0.6) is 0 Å². The molecule has 2 aromatic rings. The molecule has 0 aliphatic carbocycles. The molecule has 0 aliphatic rings. The van der Waals surface area contributed by atoms with E-state index >= 15 is 0 Å². The second-order valence-electron chi connectivity index (χ2n) is 6.72. The Morgan fingerprint density at radius 2 is 1.72 bits per heavy atom. The number of nitrogens with two attached hydrogens (primary N) is 1. The van der Waals surface area contributed by atoms with E-state index in [4.69, 9.17) is 5.73 Å². The average molecular weight is 363 g/mol. The molecule has 0 radical (unpaired) electrons. The van der Waals surface area contributed by atoms with Gasteiger partial charge in [0.2, 0.25) is 0 Å². The summed E-state index contributed by atoms with van der Waals surface area (Å²) in [5.74, 6) is -0.0933. The molecule has 25 heavy (non-hydrogen) atoms. The second kappa shape index (κ2) is 9.56. The van der Waals surface area contributed by atoms with Crippen LogP contribution in [0.3, 0.4) is 0 Å². The summed E-state index contributed by atoms with van der Waals surface area (Å²) in [4.78, 5) is 12.4. The minimum atomic E-state index is -0.335. The Morgan fingerprint density at radius 3 is 2.24 bits per heavy atom. The van der Waals surface area contributed by atoms with Crippen molar-refractivity contribution in [2.45, 2.75) is 26.3 Å². The predicted octanol–water partition coefficient (Wildman–Crippen LogP) is 3.10. The zero-order valence-corrected chi connectivity index (χ0v) is 15.6. The number of hydrogen-bond donors (Lipinski definition) is 3. The van der Waals surface area contributed by atoms with Crippen molar-refractivity contribution in [3.8, 4) is 0 Å². The van der Waals surface area contributed by atoms with Gasteiger partial charge in [0, 0.05) is 31.2 Å². The number of nitrogens with one attached hydrogen (secondary N) is 1. The van der Waals surface area contributed by atoms with Crippen molar-refractivity contribution in [1.29, 1.82) is 0 Å². The summed E-state index contributed by atoms with van der Waals surface area (Å²) in [6.07, 6.45) is 0. The maximum absolute atomic E-state index is 12.4. The Bertz CT molecular complexity index is 657. The monoisotopic (exact) mass is 362 g/mol. The van der Waals surface area contributed by atoms with Crippen LogP contribution in [0.25, 0.3) is 0 Å².